The first-order chi connectivity index (χ1) is 11.0. The second-order valence-electron chi connectivity index (χ2n) is 6.41. The van der Waals surface area contributed by atoms with Crippen LogP contribution < -0.4 is 15.5 Å². The van der Waals surface area contributed by atoms with E-state index < -0.39 is 11.7 Å². The van der Waals surface area contributed by atoms with Gasteiger partial charge in [0, 0.05) is 25.6 Å². The van der Waals surface area contributed by atoms with E-state index in [1.165, 1.54) is 11.0 Å². The lowest BCUT2D eigenvalue weighted by Gasteiger charge is -2.25. The lowest BCUT2D eigenvalue weighted by Crippen LogP contribution is -2.47. The highest BCUT2D eigenvalue weighted by molar-refractivity contribution is 6.00. The molecule has 132 valence electrons. The fourth-order valence-corrected chi connectivity index (χ4v) is 3.24. The van der Waals surface area contributed by atoms with E-state index in [1.54, 1.807) is 19.1 Å². The summed E-state index contributed by atoms with van der Waals surface area (Å²) in [5.41, 5.74) is 1.06. The quantitative estimate of drug-likeness (QED) is 0.868. The van der Waals surface area contributed by atoms with Gasteiger partial charge in [0.25, 0.3) is 0 Å². The molecule has 0 aliphatic carbocycles. The van der Waals surface area contributed by atoms with Crippen molar-refractivity contribution >= 4 is 29.9 Å². The molecule has 1 aromatic rings. The van der Waals surface area contributed by atoms with Crippen molar-refractivity contribution in [2.75, 3.05) is 24.5 Å². The molecule has 2 heterocycles. The molecular formula is C17H23ClFN3O2. The minimum atomic E-state index is -0.420. The SMILES string of the molecule is Cc1ccc(N2CC(C(=O)N[C@H]3CCCNC3)CC2=O)c(F)c1.Cl. The van der Waals surface area contributed by atoms with Crippen LogP contribution in [0.5, 0.6) is 0 Å². The molecule has 2 aliphatic heterocycles. The predicted octanol–water partition coefficient (Wildman–Crippen LogP) is 1.78. The molecule has 0 spiro atoms. The number of hydrogen-bond donors (Lipinski definition) is 2. The fourth-order valence-electron chi connectivity index (χ4n) is 3.24. The van der Waals surface area contributed by atoms with Gasteiger partial charge in [0.15, 0.2) is 0 Å². The van der Waals surface area contributed by atoms with E-state index in [4.69, 9.17) is 0 Å². The van der Waals surface area contributed by atoms with Crippen LogP contribution >= 0.6 is 12.4 Å². The van der Waals surface area contributed by atoms with Crippen molar-refractivity contribution < 1.29 is 14.0 Å². The van der Waals surface area contributed by atoms with Crippen molar-refractivity contribution in [3.8, 4) is 0 Å². The largest absolute Gasteiger partial charge is 0.352 e. The first-order valence-corrected chi connectivity index (χ1v) is 8.12. The van der Waals surface area contributed by atoms with Crippen molar-refractivity contribution in [2.45, 2.75) is 32.2 Å². The predicted molar refractivity (Wildman–Crippen MR) is 92.9 cm³/mol. The maximum Gasteiger partial charge on any atom is 0.227 e. The number of nitrogens with zero attached hydrogens (tertiary/aromatic N) is 1. The zero-order valence-corrected chi connectivity index (χ0v) is 14.5. The number of aryl methyl sites for hydroxylation is 1. The van der Waals surface area contributed by atoms with Gasteiger partial charge >= 0.3 is 0 Å². The van der Waals surface area contributed by atoms with Crippen LogP contribution in [0.1, 0.15) is 24.8 Å². The monoisotopic (exact) mass is 355 g/mol. The van der Waals surface area contributed by atoms with Crippen LogP contribution in [0.2, 0.25) is 0 Å². The molecular weight excluding hydrogens is 333 g/mol. The number of amides is 2. The zero-order chi connectivity index (χ0) is 16.4. The van der Waals surface area contributed by atoms with Crippen molar-refractivity contribution in [2.24, 2.45) is 5.92 Å². The molecule has 24 heavy (non-hydrogen) atoms. The molecule has 2 fully saturated rings. The van der Waals surface area contributed by atoms with Crippen molar-refractivity contribution in [1.82, 2.24) is 10.6 Å². The molecule has 3 rings (SSSR count). The third-order valence-electron chi connectivity index (χ3n) is 4.53. The highest BCUT2D eigenvalue weighted by Crippen LogP contribution is 2.28. The first-order valence-electron chi connectivity index (χ1n) is 8.12. The Hall–Kier alpha value is -1.66. The summed E-state index contributed by atoms with van der Waals surface area (Å²) in [7, 11) is 0. The first kappa shape index (κ1) is 18.7. The van der Waals surface area contributed by atoms with Crippen molar-refractivity contribution in [1.29, 1.82) is 0 Å². The third kappa shape index (κ3) is 4.05. The Labute approximate surface area is 147 Å². The number of piperidine rings is 1. The molecule has 0 radical (unpaired) electrons. The van der Waals surface area contributed by atoms with E-state index in [0.717, 1.165) is 31.5 Å². The Morgan fingerprint density at radius 3 is 2.88 bits per heavy atom. The number of halogens is 2. The van der Waals surface area contributed by atoms with E-state index in [2.05, 4.69) is 10.6 Å². The molecule has 7 heteroatoms. The maximum atomic E-state index is 14.1. The van der Waals surface area contributed by atoms with Gasteiger partial charge < -0.3 is 15.5 Å². The van der Waals surface area contributed by atoms with Crippen LogP contribution in [0.3, 0.4) is 0 Å². The van der Waals surface area contributed by atoms with Crippen LogP contribution in [0.15, 0.2) is 18.2 Å². The van der Waals surface area contributed by atoms with Crippen LogP contribution in [0.4, 0.5) is 10.1 Å². The standard InChI is InChI=1S/C17H22FN3O2.ClH/c1-11-4-5-15(14(18)7-11)21-10-12(8-16(21)22)17(23)20-13-3-2-6-19-9-13;/h4-5,7,12-13,19H,2-3,6,8-10H2,1H3,(H,20,23);1H/t12?,13-;/m0./s1. The van der Waals surface area contributed by atoms with Gasteiger partial charge in [-0.1, -0.05) is 6.07 Å². The molecule has 2 saturated heterocycles. The highest BCUT2D eigenvalue weighted by Gasteiger charge is 2.36. The topological polar surface area (TPSA) is 61.4 Å². The van der Waals surface area contributed by atoms with Gasteiger partial charge in [-0.15, -0.1) is 12.4 Å². The molecule has 1 unspecified atom stereocenters. The lowest BCUT2D eigenvalue weighted by atomic mass is 10.0. The Balaban J connectivity index is 0.00000208. The fraction of sp³-hybridized carbons (Fsp3) is 0.529. The summed E-state index contributed by atoms with van der Waals surface area (Å²) in [6.45, 7) is 3.79. The number of benzene rings is 1. The number of rotatable bonds is 3. The molecule has 2 atom stereocenters. The molecule has 2 N–H and O–H groups in total. The Kier molecular flexibility index (Phi) is 6.18. The van der Waals surface area contributed by atoms with Crippen LogP contribution in [-0.2, 0) is 9.59 Å². The van der Waals surface area contributed by atoms with Gasteiger partial charge in [0.2, 0.25) is 11.8 Å². The smallest absolute Gasteiger partial charge is 0.227 e. The Morgan fingerprint density at radius 2 is 2.21 bits per heavy atom. The Morgan fingerprint density at radius 1 is 1.42 bits per heavy atom. The number of anilines is 1. The van der Waals surface area contributed by atoms with Gasteiger partial charge in [0.1, 0.15) is 5.82 Å². The van der Waals surface area contributed by atoms with Crippen LogP contribution in [0, 0.1) is 18.7 Å². The van der Waals surface area contributed by atoms with E-state index in [0.29, 0.717) is 0 Å². The summed E-state index contributed by atoms with van der Waals surface area (Å²) in [4.78, 5) is 25.9. The van der Waals surface area contributed by atoms with Crippen LogP contribution in [-0.4, -0.2) is 37.5 Å². The molecule has 0 saturated carbocycles. The normalized spacial score (nSPS) is 23.8. The van der Waals surface area contributed by atoms with E-state index in [-0.39, 0.29) is 48.9 Å². The summed E-state index contributed by atoms with van der Waals surface area (Å²) in [6.07, 6.45) is 2.13. The summed E-state index contributed by atoms with van der Waals surface area (Å²) in [5, 5.41) is 6.25. The zero-order valence-electron chi connectivity index (χ0n) is 13.7. The molecule has 2 aliphatic rings. The van der Waals surface area contributed by atoms with E-state index in [1.807, 2.05) is 0 Å². The molecule has 1 aromatic carbocycles. The Bertz CT molecular complexity index is 620. The number of carbonyl (C=O) groups excluding carboxylic acids is 2. The summed E-state index contributed by atoms with van der Waals surface area (Å²) < 4.78 is 14.1. The molecule has 5 nitrogen and oxygen atoms in total. The minimum absolute atomic E-state index is 0. The summed E-state index contributed by atoms with van der Waals surface area (Å²) in [5.74, 6) is -1.14. The number of carbonyl (C=O) groups is 2. The second kappa shape index (κ2) is 7.94. The second-order valence-corrected chi connectivity index (χ2v) is 6.41. The van der Waals surface area contributed by atoms with Gasteiger partial charge in [-0.2, -0.15) is 0 Å². The summed E-state index contributed by atoms with van der Waals surface area (Å²) in [6, 6.07) is 4.90. The van der Waals surface area contributed by atoms with Gasteiger partial charge in [-0.25, -0.2) is 4.39 Å². The number of nitrogens with one attached hydrogen (secondary N) is 2. The molecule has 0 aromatic heterocycles. The molecule has 0 bridgehead atoms. The maximum absolute atomic E-state index is 14.1. The van der Waals surface area contributed by atoms with E-state index in [9.17, 15) is 14.0 Å². The average Bonchev–Trinajstić information content (AvgIpc) is 2.90. The van der Waals surface area contributed by atoms with Gasteiger partial charge in [-0.3, -0.25) is 9.59 Å². The highest BCUT2D eigenvalue weighted by atomic mass is 35.5. The van der Waals surface area contributed by atoms with Crippen LogP contribution in [0.25, 0.3) is 0 Å². The van der Waals surface area contributed by atoms with Gasteiger partial charge in [0.05, 0.1) is 11.6 Å². The number of hydrogen-bond acceptors (Lipinski definition) is 3. The van der Waals surface area contributed by atoms with Crippen molar-refractivity contribution in [3.05, 3.63) is 29.6 Å². The van der Waals surface area contributed by atoms with Crippen molar-refractivity contribution in [3.63, 3.8) is 0 Å². The van der Waals surface area contributed by atoms with Gasteiger partial charge in [-0.05, 0) is 44.0 Å². The lowest BCUT2D eigenvalue weighted by molar-refractivity contribution is -0.127. The third-order valence-corrected chi connectivity index (χ3v) is 4.53. The molecule has 2 amide bonds. The summed E-state index contributed by atoms with van der Waals surface area (Å²) >= 11 is 0. The average molecular weight is 356 g/mol. The van der Waals surface area contributed by atoms with E-state index >= 15 is 0 Å². The minimum Gasteiger partial charge on any atom is -0.352 e.